The van der Waals surface area contributed by atoms with Gasteiger partial charge in [-0.25, -0.2) is 14.8 Å². The van der Waals surface area contributed by atoms with Gasteiger partial charge in [-0.3, -0.25) is 18.7 Å². The number of amides is 1. The molecule has 24 heavy (non-hydrogen) atoms. The summed E-state index contributed by atoms with van der Waals surface area (Å²) in [6.45, 7) is -0.158. The highest BCUT2D eigenvalue weighted by Crippen LogP contribution is 2.17. The largest absolute Gasteiger partial charge is 0.332 e. The van der Waals surface area contributed by atoms with Crippen LogP contribution in [0.15, 0.2) is 34.2 Å². The summed E-state index contributed by atoms with van der Waals surface area (Å²) in [4.78, 5) is 44.3. The number of carbonyl (C=O) groups is 1. The number of halogens is 1. The highest BCUT2D eigenvalue weighted by atomic mass is 35.5. The first-order valence-electron chi connectivity index (χ1n) is 6.91. The lowest BCUT2D eigenvalue weighted by Crippen LogP contribution is -2.37. The first-order chi connectivity index (χ1) is 11.4. The third kappa shape index (κ3) is 2.58. The summed E-state index contributed by atoms with van der Waals surface area (Å²) in [6, 6.07) is 3.25. The van der Waals surface area contributed by atoms with E-state index >= 15 is 0 Å². The summed E-state index contributed by atoms with van der Waals surface area (Å²) >= 11 is 5.89. The maximum atomic E-state index is 12.3. The Morgan fingerprint density at radius 2 is 2.00 bits per heavy atom. The van der Waals surface area contributed by atoms with Gasteiger partial charge >= 0.3 is 5.69 Å². The molecular weight excluding hydrogens is 336 g/mol. The minimum atomic E-state index is -0.516. The van der Waals surface area contributed by atoms with Crippen LogP contribution < -0.4 is 16.6 Å². The van der Waals surface area contributed by atoms with Crippen LogP contribution in [0, 0.1) is 0 Å². The average Bonchev–Trinajstić information content (AvgIpc) is 2.96. The number of nitrogens with zero attached hydrogens (tertiary/aromatic N) is 5. The van der Waals surface area contributed by atoms with Crippen LogP contribution in [-0.4, -0.2) is 29.6 Å². The van der Waals surface area contributed by atoms with Gasteiger partial charge in [0, 0.05) is 20.3 Å². The van der Waals surface area contributed by atoms with E-state index in [0.717, 1.165) is 4.57 Å². The van der Waals surface area contributed by atoms with Crippen molar-refractivity contribution in [2.75, 3.05) is 5.32 Å². The summed E-state index contributed by atoms with van der Waals surface area (Å²) in [5, 5.41) is 2.78. The Balaban J connectivity index is 1.97. The number of carbonyl (C=O) groups excluding carboxylic acids is 1. The van der Waals surface area contributed by atoms with E-state index in [1.165, 1.54) is 35.8 Å². The molecule has 0 aliphatic rings. The van der Waals surface area contributed by atoms with E-state index in [0.29, 0.717) is 5.69 Å². The zero-order valence-corrected chi connectivity index (χ0v) is 13.6. The van der Waals surface area contributed by atoms with Gasteiger partial charge in [0.25, 0.3) is 5.56 Å². The van der Waals surface area contributed by atoms with E-state index in [9.17, 15) is 14.4 Å². The number of hydrogen-bond donors (Lipinski definition) is 1. The molecule has 3 rings (SSSR count). The van der Waals surface area contributed by atoms with Crippen LogP contribution in [0.25, 0.3) is 11.2 Å². The molecule has 0 fully saturated rings. The fraction of sp³-hybridized carbons (Fsp3) is 0.214. The first kappa shape index (κ1) is 15.9. The molecule has 0 saturated heterocycles. The highest BCUT2D eigenvalue weighted by molar-refractivity contribution is 6.32. The average molecular weight is 349 g/mol. The number of fused-ring (bicyclic) bond motifs is 1. The van der Waals surface area contributed by atoms with Crippen molar-refractivity contribution in [3.8, 4) is 0 Å². The van der Waals surface area contributed by atoms with Gasteiger partial charge in [-0.2, -0.15) is 0 Å². The first-order valence-corrected chi connectivity index (χ1v) is 7.29. The zero-order valence-electron chi connectivity index (χ0n) is 12.9. The molecule has 0 aliphatic carbocycles. The van der Waals surface area contributed by atoms with Crippen LogP contribution in [0.3, 0.4) is 0 Å². The third-order valence-electron chi connectivity index (χ3n) is 3.56. The van der Waals surface area contributed by atoms with Crippen LogP contribution in [0.4, 0.5) is 5.69 Å². The standard InChI is InChI=1S/C14H13ClN6O3/c1-19-12-10(13(23)20(2)14(19)24)21(7-17-12)6-9(22)18-8-4-3-5-16-11(8)15/h3-5,7H,6H2,1-2H3,(H,18,22). The van der Waals surface area contributed by atoms with Crippen LogP contribution >= 0.6 is 11.6 Å². The number of rotatable bonds is 3. The fourth-order valence-corrected chi connectivity index (χ4v) is 2.51. The van der Waals surface area contributed by atoms with Crippen LogP contribution in [-0.2, 0) is 25.4 Å². The lowest BCUT2D eigenvalue weighted by atomic mass is 10.4. The molecular formula is C14H13ClN6O3. The Hall–Kier alpha value is -2.94. The topological polar surface area (TPSA) is 104 Å². The number of nitrogens with one attached hydrogen (secondary N) is 1. The predicted molar refractivity (Wildman–Crippen MR) is 88.1 cm³/mol. The number of anilines is 1. The molecule has 3 heterocycles. The van der Waals surface area contributed by atoms with Crippen molar-refractivity contribution in [2.24, 2.45) is 14.1 Å². The predicted octanol–water partition coefficient (Wildman–Crippen LogP) is 0.121. The molecule has 0 unspecified atom stereocenters. The molecule has 3 aromatic heterocycles. The van der Waals surface area contributed by atoms with Crippen molar-refractivity contribution in [1.82, 2.24) is 23.7 Å². The van der Waals surface area contributed by atoms with E-state index in [1.807, 2.05) is 0 Å². The quantitative estimate of drug-likeness (QED) is 0.677. The second-order valence-electron chi connectivity index (χ2n) is 5.14. The molecule has 0 saturated carbocycles. The van der Waals surface area contributed by atoms with Crippen molar-refractivity contribution >= 4 is 34.4 Å². The van der Waals surface area contributed by atoms with E-state index < -0.39 is 17.2 Å². The number of aromatic nitrogens is 5. The SMILES string of the molecule is Cn1c(=O)c2c(ncn2CC(=O)Nc2cccnc2Cl)n(C)c1=O. The molecule has 0 atom stereocenters. The second kappa shape index (κ2) is 5.93. The van der Waals surface area contributed by atoms with Crippen molar-refractivity contribution in [2.45, 2.75) is 6.54 Å². The lowest BCUT2D eigenvalue weighted by molar-refractivity contribution is -0.116. The van der Waals surface area contributed by atoms with Gasteiger partial charge in [0.2, 0.25) is 5.91 Å². The maximum Gasteiger partial charge on any atom is 0.332 e. The Morgan fingerprint density at radius 3 is 2.71 bits per heavy atom. The second-order valence-corrected chi connectivity index (χ2v) is 5.50. The molecule has 0 spiro atoms. The van der Waals surface area contributed by atoms with E-state index in [4.69, 9.17) is 11.6 Å². The lowest BCUT2D eigenvalue weighted by Gasteiger charge is -2.08. The van der Waals surface area contributed by atoms with E-state index in [1.54, 1.807) is 12.1 Å². The van der Waals surface area contributed by atoms with Crippen LogP contribution in [0.5, 0.6) is 0 Å². The molecule has 124 valence electrons. The molecule has 9 nitrogen and oxygen atoms in total. The summed E-state index contributed by atoms with van der Waals surface area (Å²) in [5.41, 5.74) is -0.238. The fourth-order valence-electron chi connectivity index (χ4n) is 2.34. The summed E-state index contributed by atoms with van der Waals surface area (Å²) < 4.78 is 3.61. The minimum Gasteiger partial charge on any atom is -0.322 e. The normalized spacial score (nSPS) is 11.0. The molecule has 10 heteroatoms. The highest BCUT2D eigenvalue weighted by Gasteiger charge is 2.16. The van der Waals surface area contributed by atoms with E-state index in [-0.39, 0.29) is 22.9 Å². The third-order valence-corrected chi connectivity index (χ3v) is 3.87. The van der Waals surface area contributed by atoms with Crippen molar-refractivity contribution < 1.29 is 4.79 Å². The maximum absolute atomic E-state index is 12.3. The van der Waals surface area contributed by atoms with Gasteiger partial charge in [-0.15, -0.1) is 0 Å². The number of imidazole rings is 1. The van der Waals surface area contributed by atoms with Gasteiger partial charge in [0.1, 0.15) is 6.54 Å². The van der Waals surface area contributed by atoms with Crippen molar-refractivity contribution in [3.05, 3.63) is 50.6 Å². The van der Waals surface area contributed by atoms with E-state index in [2.05, 4.69) is 15.3 Å². The van der Waals surface area contributed by atoms with Gasteiger partial charge < -0.3 is 9.88 Å². The molecule has 0 aromatic carbocycles. The van der Waals surface area contributed by atoms with Gasteiger partial charge in [0.15, 0.2) is 16.3 Å². The van der Waals surface area contributed by atoms with Gasteiger partial charge in [0.05, 0.1) is 12.0 Å². The van der Waals surface area contributed by atoms with Crippen LogP contribution in [0.1, 0.15) is 0 Å². The Kier molecular flexibility index (Phi) is 3.94. The smallest absolute Gasteiger partial charge is 0.322 e. The minimum absolute atomic E-state index is 0.158. The number of aryl methyl sites for hydroxylation is 1. The number of hydrogen-bond acceptors (Lipinski definition) is 5. The molecule has 3 aromatic rings. The molecule has 0 aliphatic heterocycles. The summed E-state index contributed by atoms with van der Waals surface area (Å²) in [5.74, 6) is -0.403. The van der Waals surface area contributed by atoms with Crippen molar-refractivity contribution in [3.63, 3.8) is 0 Å². The van der Waals surface area contributed by atoms with Gasteiger partial charge in [-0.05, 0) is 12.1 Å². The van der Waals surface area contributed by atoms with Crippen LogP contribution in [0.2, 0.25) is 5.15 Å². The number of pyridine rings is 1. The molecule has 0 radical (unpaired) electrons. The zero-order chi connectivity index (χ0) is 17.4. The Labute approximate surface area is 140 Å². The Bertz CT molecular complexity index is 1060. The van der Waals surface area contributed by atoms with Gasteiger partial charge in [-0.1, -0.05) is 11.6 Å². The molecule has 1 N–H and O–H groups in total. The summed E-state index contributed by atoms with van der Waals surface area (Å²) in [6.07, 6.45) is 2.85. The molecule has 1 amide bonds. The Morgan fingerprint density at radius 1 is 1.25 bits per heavy atom. The molecule has 0 bridgehead atoms. The van der Waals surface area contributed by atoms with Crippen molar-refractivity contribution in [1.29, 1.82) is 0 Å². The summed E-state index contributed by atoms with van der Waals surface area (Å²) in [7, 11) is 2.88. The monoisotopic (exact) mass is 348 g/mol.